The van der Waals surface area contributed by atoms with Crippen molar-refractivity contribution in [2.75, 3.05) is 20.0 Å². The van der Waals surface area contributed by atoms with Crippen molar-refractivity contribution in [2.45, 2.75) is 27.7 Å². The molecule has 0 unspecified atom stereocenters. The highest BCUT2D eigenvalue weighted by Crippen LogP contribution is 2.23. The van der Waals surface area contributed by atoms with Crippen molar-refractivity contribution in [3.05, 3.63) is 0 Å². The van der Waals surface area contributed by atoms with E-state index < -0.39 is 0 Å². The van der Waals surface area contributed by atoms with E-state index in [0.717, 1.165) is 5.71 Å². The summed E-state index contributed by atoms with van der Waals surface area (Å²) < 4.78 is 10.5. The van der Waals surface area contributed by atoms with E-state index in [1.807, 2.05) is 27.7 Å². The molecule has 0 aromatic rings. The van der Waals surface area contributed by atoms with Gasteiger partial charge in [0.25, 0.3) is 0 Å². The van der Waals surface area contributed by atoms with Gasteiger partial charge in [-0.15, -0.1) is 0 Å². The third-order valence-corrected chi connectivity index (χ3v) is 2.74. The van der Waals surface area contributed by atoms with Crippen LogP contribution in [0.4, 0.5) is 0 Å². The Morgan fingerprint density at radius 2 is 1.94 bits per heavy atom. The van der Waals surface area contributed by atoms with Crippen LogP contribution in [0.25, 0.3) is 0 Å². The van der Waals surface area contributed by atoms with Gasteiger partial charge < -0.3 is 9.47 Å². The lowest BCUT2D eigenvalue weighted by Gasteiger charge is -2.32. The Bertz CT molecular complexity index is 281. The molecule has 1 heterocycles. The standard InChI is InChI=1S/C11H20N2O3/c1-8(2)10(14)13-12-9(3)11(4)5-15-7-16-6-11/h8H,5-7H2,1-4H3,(H,13,14)/b12-9+. The number of carbonyl (C=O) groups excluding carboxylic acids is 1. The van der Waals surface area contributed by atoms with Crippen molar-refractivity contribution in [2.24, 2.45) is 16.4 Å². The fourth-order valence-electron chi connectivity index (χ4n) is 1.25. The van der Waals surface area contributed by atoms with Crippen LogP contribution >= 0.6 is 0 Å². The maximum atomic E-state index is 11.4. The second-order valence-corrected chi connectivity index (χ2v) is 4.70. The molecule has 1 aliphatic rings. The van der Waals surface area contributed by atoms with Crippen molar-refractivity contribution in [1.82, 2.24) is 5.43 Å². The van der Waals surface area contributed by atoms with Crippen LogP contribution in [-0.4, -0.2) is 31.6 Å². The Hall–Kier alpha value is -0.940. The smallest absolute Gasteiger partial charge is 0.242 e. The van der Waals surface area contributed by atoms with Gasteiger partial charge in [0, 0.05) is 11.6 Å². The lowest BCUT2D eigenvalue weighted by atomic mass is 9.87. The molecule has 92 valence electrons. The molecule has 0 aromatic carbocycles. The topological polar surface area (TPSA) is 59.9 Å². The summed E-state index contributed by atoms with van der Waals surface area (Å²) in [5, 5.41) is 4.10. The van der Waals surface area contributed by atoms with Gasteiger partial charge in [-0.25, -0.2) is 5.43 Å². The van der Waals surface area contributed by atoms with E-state index in [-0.39, 0.29) is 17.2 Å². The first kappa shape index (κ1) is 13.1. The summed E-state index contributed by atoms with van der Waals surface area (Å²) in [7, 11) is 0. The van der Waals surface area contributed by atoms with Gasteiger partial charge in [-0.3, -0.25) is 4.79 Å². The minimum atomic E-state index is -0.248. The van der Waals surface area contributed by atoms with Crippen molar-refractivity contribution in [1.29, 1.82) is 0 Å². The number of hydrogen-bond acceptors (Lipinski definition) is 4. The molecule has 0 atom stereocenters. The molecule has 0 aliphatic carbocycles. The maximum absolute atomic E-state index is 11.4. The molecule has 1 saturated heterocycles. The highest BCUT2D eigenvalue weighted by molar-refractivity contribution is 5.89. The fraction of sp³-hybridized carbons (Fsp3) is 0.818. The third-order valence-electron chi connectivity index (χ3n) is 2.74. The average Bonchev–Trinajstić information content (AvgIpc) is 2.26. The second kappa shape index (κ2) is 5.41. The summed E-state index contributed by atoms with van der Waals surface area (Å²) in [6.45, 7) is 9.01. The molecule has 0 bridgehead atoms. The van der Waals surface area contributed by atoms with Crippen LogP contribution in [0.3, 0.4) is 0 Å². The summed E-state index contributed by atoms with van der Waals surface area (Å²) in [5.41, 5.74) is 3.12. The van der Waals surface area contributed by atoms with E-state index in [1.54, 1.807) is 0 Å². The SMILES string of the molecule is C/C(=N\NC(=O)C(C)C)C1(C)COCOC1. The molecule has 1 rings (SSSR count). The monoisotopic (exact) mass is 228 g/mol. The number of nitrogens with zero attached hydrogens (tertiary/aromatic N) is 1. The molecular formula is C11H20N2O3. The number of rotatable bonds is 3. The summed E-state index contributed by atoms with van der Waals surface area (Å²) in [6.07, 6.45) is 0. The van der Waals surface area contributed by atoms with Gasteiger partial charge in [-0.05, 0) is 13.8 Å². The summed E-state index contributed by atoms with van der Waals surface area (Å²) in [5.74, 6) is -0.149. The normalized spacial score (nSPS) is 20.9. The largest absolute Gasteiger partial charge is 0.354 e. The quantitative estimate of drug-likeness (QED) is 0.582. The van der Waals surface area contributed by atoms with Crippen LogP contribution < -0.4 is 5.43 Å². The first-order chi connectivity index (χ1) is 7.46. The lowest BCUT2D eigenvalue weighted by Crippen LogP contribution is -2.41. The predicted molar refractivity (Wildman–Crippen MR) is 61.0 cm³/mol. The zero-order valence-electron chi connectivity index (χ0n) is 10.4. The van der Waals surface area contributed by atoms with Gasteiger partial charge in [-0.1, -0.05) is 13.8 Å². The van der Waals surface area contributed by atoms with E-state index in [2.05, 4.69) is 10.5 Å². The van der Waals surface area contributed by atoms with Crippen LogP contribution in [0.5, 0.6) is 0 Å². The van der Waals surface area contributed by atoms with Gasteiger partial charge >= 0.3 is 0 Å². The first-order valence-corrected chi connectivity index (χ1v) is 5.46. The molecule has 16 heavy (non-hydrogen) atoms. The van der Waals surface area contributed by atoms with Gasteiger partial charge in [-0.2, -0.15) is 5.10 Å². The van der Waals surface area contributed by atoms with E-state index in [0.29, 0.717) is 20.0 Å². The maximum Gasteiger partial charge on any atom is 0.242 e. The third kappa shape index (κ3) is 3.28. The fourth-order valence-corrected chi connectivity index (χ4v) is 1.25. The van der Waals surface area contributed by atoms with Crippen LogP contribution in [0.1, 0.15) is 27.7 Å². The van der Waals surface area contributed by atoms with Crippen molar-refractivity contribution < 1.29 is 14.3 Å². The zero-order chi connectivity index (χ0) is 12.2. The number of hydrazone groups is 1. The van der Waals surface area contributed by atoms with Crippen LogP contribution in [0.15, 0.2) is 5.10 Å². The summed E-state index contributed by atoms with van der Waals surface area (Å²) in [6, 6.07) is 0. The second-order valence-electron chi connectivity index (χ2n) is 4.70. The van der Waals surface area contributed by atoms with Gasteiger partial charge in [0.05, 0.1) is 18.6 Å². The Balaban J connectivity index is 2.58. The predicted octanol–water partition coefficient (Wildman–Crippen LogP) is 1.15. The molecule has 0 aromatic heterocycles. The van der Waals surface area contributed by atoms with Gasteiger partial charge in [0.15, 0.2) is 0 Å². The van der Waals surface area contributed by atoms with Crippen LogP contribution in [0, 0.1) is 11.3 Å². The molecule has 1 N–H and O–H groups in total. The number of ether oxygens (including phenoxy) is 2. The minimum absolute atomic E-state index is 0.0665. The molecular weight excluding hydrogens is 208 g/mol. The zero-order valence-corrected chi connectivity index (χ0v) is 10.4. The Morgan fingerprint density at radius 1 is 1.38 bits per heavy atom. The minimum Gasteiger partial charge on any atom is -0.354 e. The summed E-state index contributed by atoms with van der Waals surface area (Å²) >= 11 is 0. The van der Waals surface area contributed by atoms with Crippen LogP contribution in [-0.2, 0) is 14.3 Å². The van der Waals surface area contributed by atoms with E-state index in [9.17, 15) is 4.79 Å². The highest BCUT2D eigenvalue weighted by atomic mass is 16.7. The van der Waals surface area contributed by atoms with Gasteiger partial charge in [0.2, 0.25) is 5.91 Å². The molecule has 1 aliphatic heterocycles. The molecule has 0 saturated carbocycles. The molecule has 5 nitrogen and oxygen atoms in total. The van der Waals surface area contributed by atoms with Gasteiger partial charge in [0.1, 0.15) is 6.79 Å². The van der Waals surface area contributed by atoms with Crippen molar-refractivity contribution in [3.8, 4) is 0 Å². The molecule has 0 spiro atoms. The highest BCUT2D eigenvalue weighted by Gasteiger charge is 2.32. The number of hydrogen-bond donors (Lipinski definition) is 1. The molecule has 5 heteroatoms. The Morgan fingerprint density at radius 3 is 2.44 bits per heavy atom. The van der Waals surface area contributed by atoms with E-state index >= 15 is 0 Å². The van der Waals surface area contributed by atoms with E-state index in [4.69, 9.17) is 9.47 Å². The van der Waals surface area contributed by atoms with E-state index in [1.165, 1.54) is 0 Å². The molecule has 0 radical (unpaired) electrons. The Labute approximate surface area is 96.2 Å². The Kier molecular flexibility index (Phi) is 4.44. The van der Waals surface area contributed by atoms with Crippen molar-refractivity contribution in [3.63, 3.8) is 0 Å². The number of carbonyl (C=O) groups is 1. The number of nitrogens with one attached hydrogen (secondary N) is 1. The average molecular weight is 228 g/mol. The molecule has 1 amide bonds. The molecule has 1 fully saturated rings. The first-order valence-electron chi connectivity index (χ1n) is 5.46. The summed E-state index contributed by atoms with van der Waals surface area (Å²) in [4.78, 5) is 11.4. The van der Waals surface area contributed by atoms with Crippen molar-refractivity contribution >= 4 is 11.6 Å². The van der Waals surface area contributed by atoms with Crippen LogP contribution in [0.2, 0.25) is 0 Å². The lowest BCUT2D eigenvalue weighted by molar-refractivity contribution is -0.138. The number of amides is 1.